The van der Waals surface area contributed by atoms with Crippen molar-refractivity contribution in [2.45, 2.75) is 31.6 Å². The zero-order valence-corrected chi connectivity index (χ0v) is 12.7. The Morgan fingerprint density at radius 2 is 2.21 bits per heavy atom. The summed E-state index contributed by atoms with van der Waals surface area (Å²) in [5.74, 6) is 2.32. The summed E-state index contributed by atoms with van der Waals surface area (Å²) in [6.45, 7) is 2.15. The lowest BCUT2D eigenvalue weighted by atomic mass is 10.0. The van der Waals surface area contributed by atoms with E-state index in [1.54, 1.807) is 11.3 Å². The van der Waals surface area contributed by atoms with Crippen LogP contribution in [0.15, 0.2) is 30.3 Å². The summed E-state index contributed by atoms with van der Waals surface area (Å²) in [6, 6.07) is 10.5. The molecule has 1 unspecified atom stereocenters. The Labute approximate surface area is 122 Å². The van der Waals surface area contributed by atoms with E-state index in [1.165, 1.54) is 21.8 Å². The van der Waals surface area contributed by atoms with Crippen molar-refractivity contribution in [1.82, 2.24) is 0 Å². The lowest BCUT2D eigenvalue weighted by Gasteiger charge is -2.10. The molecule has 3 heteroatoms. The number of thioether (sulfide) groups is 1. The van der Waals surface area contributed by atoms with Crippen LogP contribution in [0.3, 0.4) is 0 Å². The van der Waals surface area contributed by atoms with Crippen molar-refractivity contribution in [3.63, 3.8) is 0 Å². The van der Waals surface area contributed by atoms with Crippen LogP contribution in [0.5, 0.6) is 0 Å². The third-order valence-electron chi connectivity index (χ3n) is 3.59. The number of benzene rings is 1. The number of rotatable bonds is 3. The summed E-state index contributed by atoms with van der Waals surface area (Å²) in [5, 5.41) is 10.6. The molecule has 100 valence electrons. The van der Waals surface area contributed by atoms with Gasteiger partial charge in [0, 0.05) is 15.5 Å². The number of hydrogen-bond acceptors (Lipinski definition) is 3. The Kier molecular flexibility index (Phi) is 3.96. The predicted octanol–water partition coefficient (Wildman–Crippen LogP) is 4.18. The fourth-order valence-corrected chi connectivity index (χ4v) is 4.84. The Bertz CT molecular complexity index is 550. The van der Waals surface area contributed by atoms with Crippen LogP contribution >= 0.6 is 23.1 Å². The first-order chi connectivity index (χ1) is 9.28. The van der Waals surface area contributed by atoms with Gasteiger partial charge >= 0.3 is 0 Å². The number of fused-ring (bicyclic) bond motifs is 1. The summed E-state index contributed by atoms with van der Waals surface area (Å²) in [7, 11) is 0. The van der Waals surface area contributed by atoms with Crippen molar-refractivity contribution in [2.24, 2.45) is 0 Å². The number of thiophene rings is 1. The van der Waals surface area contributed by atoms with E-state index >= 15 is 0 Å². The average Bonchev–Trinajstić information content (AvgIpc) is 2.90. The normalized spacial score (nSPS) is 16.1. The van der Waals surface area contributed by atoms with Crippen molar-refractivity contribution >= 4 is 23.1 Å². The molecule has 1 N–H and O–H groups in total. The van der Waals surface area contributed by atoms with Gasteiger partial charge in [0.05, 0.1) is 0 Å². The maximum atomic E-state index is 10.6. The van der Waals surface area contributed by atoms with Crippen LogP contribution < -0.4 is 0 Å². The first-order valence-electron chi connectivity index (χ1n) is 6.74. The smallest absolute Gasteiger partial charge is 0.113 e. The van der Waals surface area contributed by atoms with Gasteiger partial charge in [0.25, 0.3) is 0 Å². The van der Waals surface area contributed by atoms with Crippen LogP contribution in [-0.2, 0) is 18.6 Å². The Morgan fingerprint density at radius 1 is 1.32 bits per heavy atom. The van der Waals surface area contributed by atoms with Gasteiger partial charge in [-0.2, -0.15) is 11.8 Å². The molecule has 1 aliphatic heterocycles. The monoisotopic (exact) mass is 290 g/mol. The molecule has 2 aromatic rings. The van der Waals surface area contributed by atoms with Gasteiger partial charge in [-0.25, -0.2) is 0 Å². The molecule has 0 radical (unpaired) electrons. The summed E-state index contributed by atoms with van der Waals surface area (Å²) in [4.78, 5) is 2.57. The molecular formula is C16H18OS2. The van der Waals surface area contributed by atoms with Gasteiger partial charge in [-0.3, -0.25) is 0 Å². The third-order valence-corrected chi connectivity index (χ3v) is 5.89. The van der Waals surface area contributed by atoms with Crippen molar-refractivity contribution in [2.75, 3.05) is 5.75 Å². The molecule has 1 aromatic heterocycles. The number of aryl methyl sites for hydroxylation is 2. The van der Waals surface area contributed by atoms with Gasteiger partial charge in [0.2, 0.25) is 0 Å². The maximum Gasteiger partial charge on any atom is 0.113 e. The van der Waals surface area contributed by atoms with Crippen LogP contribution in [0, 0.1) is 0 Å². The van der Waals surface area contributed by atoms with E-state index in [4.69, 9.17) is 0 Å². The average molecular weight is 290 g/mol. The fourth-order valence-electron chi connectivity index (χ4n) is 2.45. The Balaban J connectivity index is 1.90. The summed E-state index contributed by atoms with van der Waals surface area (Å²) in [5.41, 5.74) is 3.74. The minimum absolute atomic E-state index is 0.466. The molecule has 1 aromatic carbocycles. The van der Waals surface area contributed by atoms with Gasteiger partial charge in [-0.15, -0.1) is 11.3 Å². The molecule has 0 fully saturated rings. The highest BCUT2D eigenvalue weighted by Gasteiger charge is 2.19. The van der Waals surface area contributed by atoms with E-state index in [0.717, 1.165) is 29.0 Å². The van der Waals surface area contributed by atoms with E-state index in [1.807, 2.05) is 23.9 Å². The van der Waals surface area contributed by atoms with Crippen LogP contribution in [-0.4, -0.2) is 10.9 Å². The van der Waals surface area contributed by atoms with Crippen molar-refractivity contribution in [3.05, 3.63) is 56.8 Å². The zero-order chi connectivity index (χ0) is 13.2. The van der Waals surface area contributed by atoms with Crippen molar-refractivity contribution in [3.8, 4) is 0 Å². The maximum absolute atomic E-state index is 10.6. The van der Waals surface area contributed by atoms with Gasteiger partial charge in [0.1, 0.15) is 6.10 Å². The molecule has 19 heavy (non-hydrogen) atoms. The molecule has 0 saturated heterocycles. The van der Waals surface area contributed by atoms with E-state index in [-0.39, 0.29) is 0 Å². The molecule has 1 atom stereocenters. The summed E-state index contributed by atoms with van der Waals surface area (Å²) >= 11 is 3.78. The molecule has 3 rings (SSSR count). The summed E-state index contributed by atoms with van der Waals surface area (Å²) < 4.78 is 0. The topological polar surface area (TPSA) is 20.2 Å². The van der Waals surface area contributed by atoms with Crippen molar-refractivity contribution < 1.29 is 5.11 Å². The molecule has 2 heterocycles. The lowest BCUT2D eigenvalue weighted by molar-refractivity contribution is 0.224. The van der Waals surface area contributed by atoms with Gasteiger partial charge in [0.15, 0.2) is 0 Å². The second kappa shape index (κ2) is 5.70. The van der Waals surface area contributed by atoms with E-state index < -0.39 is 6.10 Å². The standard InChI is InChI=1S/C16H18OS2/c1-2-11-4-3-5-12(8-11)16(17)15-9-13-10-18-7-6-14(13)19-15/h3-5,8-9,16-17H,2,6-7,10H2,1H3. The fraction of sp³-hybridized carbons (Fsp3) is 0.375. The van der Waals surface area contributed by atoms with Crippen LogP contribution in [0.2, 0.25) is 0 Å². The lowest BCUT2D eigenvalue weighted by Crippen LogP contribution is -1.98. The van der Waals surface area contributed by atoms with Gasteiger partial charge in [-0.1, -0.05) is 31.2 Å². The van der Waals surface area contributed by atoms with E-state index in [2.05, 4.69) is 25.1 Å². The number of hydrogen-bond donors (Lipinski definition) is 1. The Morgan fingerprint density at radius 3 is 3.00 bits per heavy atom. The second-order valence-electron chi connectivity index (χ2n) is 4.90. The predicted molar refractivity (Wildman–Crippen MR) is 84.1 cm³/mol. The minimum Gasteiger partial charge on any atom is -0.383 e. The largest absolute Gasteiger partial charge is 0.383 e. The van der Waals surface area contributed by atoms with Crippen LogP contribution in [0.4, 0.5) is 0 Å². The molecule has 0 amide bonds. The molecule has 0 aliphatic carbocycles. The molecule has 1 aliphatic rings. The minimum atomic E-state index is -0.466. The molecule has 1 nitrogen and oxygen atoms in total. The number of aliphatic hydroxyl groups is 1. The second-order valence-corrected chi connectivity index (χ2v) is 7.17. The highest BCUT2D eigenvalue weighted by atomic mass is 32.2. The highest BCUT2D eigenvalue weighted by Crippen LogP contribution is 2.36. The first kappa shape index (κ1) is 13.2. The van der Waals surface area contributed by atoms with Gasteiger partial charge < -0.3 is 5.11 Å². The molecule has 0 saturated carbocycles. The third kappa shape index (κ3) is 2.73. The highest BCUT2D eigenvalue weighted by molar-refractivity contribution is 7.98. The summed E-state index contributed by atoms with van der Waals surface area (Å²) in [6.07, 6.45) is 1.71. The van der Waals surface area contributed by atoms with E-state index in [9.17, 15) is 5.11 Å². The zero-order valence-electron chi connectivity index (χ0n) is 11.1. The van der Waals surface area contributed by atoms with Crippen LogP contribution in [0.25, 0.3) is 0 Å². The molecule has 0 bridgehead atoms. The van der Waals surface area contributed by atoms with Crippen molar-refractivity contribution in [1.29, 1.82) is 0 Å². The van der Waals surface area contributed by atoms with Gasteiger partial charge in [-0.05, 0) is 41.4 Å². The quantitative estimate of drug-likeness (QED) is 0.915. The Hall–Kier alpha value is -0.770. The SMILES string of the molecule is CCc1cccc(C(O)c2cc3c(s2)CCSC3)c1. The molecular weight excluding hydrogens is 272 g/mol. The first-order valence-corrected chi connectivity index (χ1v) is 8.71. The van der Waals surface area contributed by atoms with E-state index in [0.29, 0.717) is 0 Å². The molecule has 0 spiro atoms. The van der Waals surface area contributed by atoms with Crippen LogP contribution in [0.1, 0.15) is 39.5 Å². The number of aliphatic hydroxyl groups excluding tert-OH is 1.